The third-order valence-electron chi connectivity index (χ3n) is 3.62. The lowest BCUT2D eigenvalue weighted by molar-refractivity contribution is -0.433. The second kappa shape index (κ2) is 7.75. The predicted molar refractivity (Wildman–Crippen MR) is 79.2 cm³/mol. The average molecular weight is 370 g/mol. The van der Waals surface area contributed by atoms with Crippen LogP contribution in [0.4, 0.5) is 8.78 Å². The van der Waals surface area contributed by atoms with Gasteiger partial charge in [0, 0.05) is 0 Å². The molecule has 0 radical (unpaired) electrons. The summed E-state index contributed by atoms with van der Waals surface area (Å²) >= 11 is -0.888. The Balaban J connectivity index is 2.04. The van der Waals surface area contributed by atoms with Crippen LogP contribution in [-0.2, 0) is 19.5 Å². The highest BCUT2D eigenvalue weighted by Gasteiger charge is 2.50. The van der Waals surface area contributed by atoms with Crippen molar-refractivity contribution in [2.75, 3.05) is 0 Å². The molecule has 23 heavy (non-hydrogen) atoms. The first-order valence-corrected chi connectivity index (χ1v) is 9.08. The monoisotopic (exact) mass is 370 g/mol. The molecule has 0 unspecified atom stereocenters. The summed E-state index contributed by atoms with van der Waals surface area (Å²) in [5.74, 6) is 0.177. The summed E-state index contributed by atoms with van der Waals surface area (Å²) in [6, 6.07) is 6.04. The highest BCUT2D eigenvalue weighted by Crippen LogP contribution is 2.38. The lowest BCUT2D eigenvalue weighted by atomic mass is 9.84. The maximum Gasteiger partial charge on any atom is 0.456 e. The van der Waals surface area contributed by atoms with Gasteiger partial charge in [-0.3, -0.25) is 0 Å². The lowest BCUT2D eigenvalue weighted by Crippen LogP contribution is -2.29. The second-order valence-corrected chi connectivity index (χ2v) is 7.79. The van der Waals surface area contributed by atoms with E-state index in [1.54, 1.807) is 12.1 Å². The minimum atomic E-state index is -5.31. The zero-order valence-electron chi connectivity index (χ0n) is 12.0. The minimum Gasteiger partial charge on any atom is -0.377 e. The van der Waals surface area contributed by atoms with Crippen LogP contribution in [0, 0.1) is 0 Å². The van der Waals surface area contributed by atoms with Crippen LogP contribution in [0.15, 0.2) is 24.3 Å². The SMILES string of the molecule is O=S(=O)(Oc1ccc(C2CCCCC2)cc1)C(F)(F)SOOO. The number of benzene rings is 1. The summed E-state index contributed by atoms with van der Waals surface area (Å²) < 4.78 is 53.2. The molecule has 1 aliphatic carbocycles. The molecule has 6 nitrogen and oxygen atoms in total. The maximum absolute atomic E-state index is 13.4. The molecule has 1 aliphatic rings. The van der Waals surface area contributed by atoms with Crippen LogP contribution < -0.4 is 4.18 Å². The van der Waals surface area contributed by atoms with Crippen molar-refractivity contribution in [2.45, 2.75) is 42.6 Å². The Morgan fingerprint density at radius 2 is 1.74 bits per heavy atom. The van der Waals surface area contributed by atoms with Gasteiger partial charge in [0.2, 0.25) is 0 Å². The van der Waals surface area contributed by atoms with Crippen LogP contribution in [0.5, 0.6) is 5.75 Å². The number of halogens is 2. The van der Waals surface area contributed by atoms with Gasteiger partial charge in [-0.05, 0) is 36.5 Å². The van der Waals surface area contributed by atoms with Crippen LogP contribution in [0.3, 0.4) is 0 Å². The second-order valence-electron chi connectivity index (χ2n) is 5.13. The van der Waals surface area contributed by atoms with Crippen molar-refractivity contribution in [3.63, 3.8) is 0 Å². The molecule has 0 aliphatic heterocycles. The molecule has 1 saturated carbocycles. The zero-order chi connectivity index (χ0) is 16.9. The third-order valence-corrected chi connectivity index (χ3v) is 5.75. The molecule has 1 fully saturated rings. The van der Waals surface area contributed by atoms with Crippen molar-refractivity contribution in [3.05, 3.63) is 29.8 Å². The van der Waals surface area contributed by atoms with E-state index in [4.69, 9.17) is 5.26 Å². The Labute approximate surface area is 136 Å². The number of hydrogen-bond acceptors (Lipinski definition) is 7. The molecule has 0 amide bonds. The Hall–Kier alpha value is -0.940. The Kier molecular flexibility index (Phi) is 6.20. The highest BCUT2D eigenvalue weighted by atomic mass is 32.3. The maximum atomic E-state index is 13.4. The summed E-state index contributed by atoms with van der Waals surface area (Å²) in [4.78, 5) is 0. The van der Waals surface area contributed by atoms with Crippen LogP contribution in [-0.4, -0.2) is 18.3 Å². The fourth-order valence-electron chi connectivity index (χ4n) is 2.50. The van der Waals surface area contributed by atoms with Crippen molar-refractivity contribution in [1.82, 2.24) is 0 Å². The van der Waals surface area contributed by atoms with Gasteiger partial charge in [0.15, 0.2) is 0 Å². The molecule has 1 N–H and O–H groups in total. The number of rotatable bonds is 7. The Morgan fingerprint density at radius 1 is 1.13 bits per heavy atom. The van der Waals surface area contributed by atoms with E-state index in [9.17, 15) is 17.2 Å². The summed E-state index contributed by atoms with van der Waals surface area (Å²) in [5.41, 5.74) is 1.03. The smallest absolute Gasteiger partial charge is 0.377 e. The first-order chi connectivity index (χ1) is 10.9. The van der Waals surface area contributed by atoms with E-state index in [2.05, 4.69) is 13.6 Å². The minimum absolute atomic E-state index is 0.227. The standard InChI is InChI=1S/C13H16F2O6S2/c14-13(15,22-21-20-16)23(17,18)19-12-8-6-11(7-9-12)10-4-2-1-3-5-10/h6-10,16H,1-5H2. The van der Waals surface area contributed by atoms with E-state index in [0.717, 1.165) is 31.2 Å². The van der Waals surface area contributed by atoms with Crippen molar-refractivity contribution < 1.29 is 36.0 Å². The molecule has 0 saturated heterocycles. The fourth-order valence-corrected chi connectivity index (χ4v) is 3.59. The van der Waals surface area contributed by atoms with Gasteiger partial charge >= 0.3 is 14.7 Å². The molecule has 1 aromatic rings. The Morgan fingerprint density at radius 3 is 2.30 bits per heavy atom. The largest absolute Gasteiger partial charge is 0.456 e. The molecule has 0 aromatic heterocycles. The molecule has 0 atom stereocenters. The van der Waals surface area contributed by atoms with Crippen molar-refractivity contribution >= 4 is 22.2 Å². The van der Waals surface area contributed by atoms with Gasteiger partial charge < -0.3 is 4.18 Å². The van der Waals surface area contributed by atoms with Crippen molar-refractivity contribution in [1.29, 1.82) is 0 Å². The van der Waals surface area contributed by atoms with Gasteiger partial charge in [0.25, 0.3) is 0 Å². The molecule has 10 heteroatoms. The van der Waals surface area contributed by atoms with E-state index < -0.39 is 26.7 Å². The molecular formula is C13H16F2O6S2. The van der Waals surface area contributed by atoms with Crippen LogP contribution in [0.25, 0.3) is 0 Å². The van der Waals surface area contributed by atoms with E-state index in [1.165, 1.54) is 18.6 Å². The van der Waals surface area contributed by atoms with Gasteiger partial charge in [-0.1, -0.05) is 36.4 Å². The summed E-state index contributed by atoms with van der Waals surface area (Å²) in [6.45, 7) is 0. The Bertz CT molecular complexity index is 599. The van der Waals surface area contributed by atoms with Gasteiger partial charge in [0.05, 0.1) is 0 Å². The summed E-state index contributed by atoms with van der Waals surface area (Å²) in [6.07, 6.45) is 5.63. The van der Waals surface area contributed by atoms with Crippen LogP contribution in [0.1, 0.15) is 43.6 Å². The van der Waals surface area contributed by atoms with E-state index in [-0.39, 0.29) is 5.75 Å². The van der Waals surface area contributed by atoms with Crippen LogP contribution in [0.2, 0.25) is 0 Å². The first-order valence-electron chi connectivity index (χ1n) is 6.93. The fraction of sp³-hybridized carbons (Fsp3) is 0.538. The van der Waals surface area contributed by atoms with E-state index >= 15 is 0 Å². The quantitative estimate of drug-likeness (QED) is 0.335. The van der Waals surface area contributed by atoms with E-state index in [0.29, 0.717) is 5.92 Å². The topological polar surface area (TPSA) is 82.1 Å². The highest BCUT2D eigenvalue weighted by molar-refractivity contribution is 8.09. The number of alkyl halides is 2. The van der Waals surface area contributed by atoms with Crippen LogP contribution >= 0.6 is 12.0 Å². The van der Waals surface area contributed by atoms with Gasteiger partial charge in [-0.25, -0.2) is 5.26 Å². The van der Waals surface area contributed by atoms with Gasteiger partial charge in [0.1, 0.15) is 17.8 Å². The summed E-state index contributed by atoms with van der Waals surface area (Å²) in [5, 5.41) is 10.8. The molecular weight excluding hydrogens is 354 g/mol. The van der Waals surface area contributed by atoms with Crippen molar-refractivity contribution in [3.8, 4) is 5.75 Å². The molecule has 1 aromatic carbocycles. The summed E-state index contributed by atoms with van der Waals surface area (Å²) in [7, 11) is -5.31. The van der Waals surface area contributed by atoms with Gasteiger partial charge in [-0.15, -0.1) is 4.33 Å². The molecule has 0 bridgehead atoms. The predicted octanol–water partition coefficient (Wildman–Crippen LogP) is 4.06. The third kappa shape index (κ3) is 4.77. The van der Waals surface area contributed by atoms with Gasteiger partial charge in [-0.2, -0.15) is 17.2 Å². The average Bonchev–Trinajstić information content (AvgIpc) is 2.54. The number of hydrogen-bond donors (Lipinski definition) is 1. The molecule has 0 heterocycles. The van der Waals surface area contributed by atoms with E-state index in [1.807, 2.05) is 0 Å². The molecule has 0 spiro atoms. The first kappa shape index (κ1) is 18.4. The molecule has 2 rings (SSSR count). The lowest BCUT2D eigenvalue weighted by Gasteiger charge is -2.22. The molecule has 130 valence electrons. The zero-order valence-corrected chi connectivity index (χ0v) is 13.6. The normalized spacial score (nSPS) is 17.2. The van der Waals surface area contributed by atoms with Crippen molar-refractivity contribution in [2.24, 2.45) is 0 Å².